The molecule has 3 rings (SSSR count). The lowest BCUT2D eigenvalue weighted by atomic mass is 9.72. The van der Waals surface area contributed by atoms with E-state index in [0.29, 0.717) is 30.5 Å². The van der Waals surface area contributed by atoms with Gasteiger partial charge in [-0.3, -0.25) is 9.59 Å². The lowest BCUT2D eigenvalue weighted by molar-refractivity contribution is -0.134. The summed E-state index contributed by atoms with van der Waals surface area (Å²) in [4.78, 5) is 28.8. The van der Waals surface area contributed by atoms with Crippen LogP contribution in [0.4, 0.5) is 0 Å². The summed E-state index contributed by atoms with van der Waals surface area (Å²) in [5.41, 5.74) is 6.28. The van der Waals surface area contributed by atoms with Gasteiger partial charge < -0.3 is 26.6 Å². The van der Waals surface area contributed by atoms with Gasteiger partial charge in [0.05, 0.1) is 11.5 Å². The van der Waals surface area contributed by atoms with Crippen molar-refractivity contribution in [3.8, 4) is 0 Å². The third kappa shape index (κ3) is 6.51. The Hall–Kier alpha value is -1.51. The van der Waals surface area contributed by atoms with E-state index in [1.807, 2.05) is 4.90 Å². The van der Waals surface area contributed by atoms with Gasteiger partial charge in [-0.15, -0.1) is 0 Å². The molecule has 0 aromatic rings. The summed E-state index contributed by atoms with van der Waals surface area (Å²) in [6.07, 6.45) is 10.1. The van der Waals surface area contributed by atoms with Gasteiger partial charge in [-0.2, -0.15) is 0 Å². The first-order valence-electron chi connectivity index (χ1n) is 12.3. The van der Waals surface area contributed by atoms with Crippen LogP contribution in [-0.2, 0) is 9.59 Å². The number of carbonyl (C=O) groups excluding carboxylic acids is 2. The minimum atomic E-state index is -0.373. The van der Waals surface area contributed by atoms with Crippen LogP contribution in [0.15, 0.2) is 11.8 Å². The van der Waals surface area contributed by atoms with Gasteiger partial charge in [0.15, 0.2) is 0 Å². The third-order valence-electron chi connectivity index (χ3n) is 7.26. The highest BCUT2D eigenvalue weighted by molar-refractivity contribution is 7.80. The monoisotopic (exact) mass is 463 g/mol. The summed E-state index contributed by atoms with van der Waals surface area (Å²) in [6.45, 7) is 7.64. The maximum atomic E-state index is 13.6. The summed E-state index contributed by atoms with van der Waals surface area (Å²) in [6, 6.07) is -0.373. The molecule has 0 bridgehead atoms. The van der Waals surface area contributed by atoms with Crippen molar-refractivity contribution in [2.75, 3.05) is 32.7 Å². The van der Waals surface area contributed by atoms with Gasteiger partial charge in [0.25, 0.3) is 0 Å². The molecule has 0 aromatic heterocycles. The predicted molar refractivity (Wildman–Crippen MR) is 132 cm³/mol. The first kappa shape index (κ1) is 25.1. The van der Waals surface area contributed by atoms with E-state index >= 15 is 0 Å². The van der Waals surface area contributed by atoms with Gasteiger partial charge in [-0.25, -0.2) is 0 Å². The van der Waals surface area contributed by atoms with Crippen molar-refractivity contribution in [1.82, 2.24) is 20.9 Å². The summed E-state index contributed by atoms with van der Waals surface area (Å²) in [5.74, 6) is 0.907. The van der Waals surface area contributed by atoms with Crippen molar-refractivity contribution < 1.29 is 9.59 Å². The van der Waals surface area contributed by atoms with Gasteiger partial charge >= 0.3 is 0 Å². The summed E-state index contributed by atoms with van der Waals surface area (Å²) in [5, 5.41) is 9.78. The molecule has 2 heterocycles. The van der Waals surface area contributed by atoms with E-state index in [1.165, 1.54) is 0 Å². The van der Waals surface area contributed by atoms with Crippen LogP contribution in [0.25, 0.3) is 0 Å². The molecule has 1 saturated heterocycles. The van der Waals surface area contributed by atoms with Crippen molar-refractivity contribution in [3.63, 3.8) is 0 Å². The number of nitrogens with one attached hydrogen (secondary N) is 3. The highest BCUT2D eigenvalue weighted by atomic mass is 32.1. The molecule has 180 valence electrons. The maximum Gasteiger partial charge on any atom is 0.249 e. The van der Waals surface area contributed by atoms with E-state index in [1.54, 1.807) is 0 Å². The summed E-state index contributed by atoms with van der Waals surface area (Å²) < 4.78 is 0. The van der Waals surface area contributed by atoms with E-state index in [2.05, 4.69) is 35.9 Å². The molecule has 2 fully saturated rings. The molecule has 5 N–H and O–H groups in total. The zero-order chi connectivity index (χ0) is 23.1. The Bertz CT molecular complexity index is 717. The van der Waals surface area contributed by atoms with Crippen molar-refractivity contribution in [2.45, 2.75) is 71.3 Å². The van der Waals surface area contributed by atoms with Crippen LogP contribution in [0.1, 0.15) is 65.2 Å². The van der Waals surface area contributed by atoms with Crippen LogP contribution in [0.5, 0.6) is 0 Å². The molecule has 0 aromatic carbocycles. The Balaban J connectivity index is 1.56. The average Bonchev–Trinajstić information content (AvgIpc) is 3.19. The predicted octanol–water partition coefficient (Wildman–Crippen LogP) is 2.07. The van der Waals surface area contributed by atoms with Crippen molar-refractivity contribution in [3.05, 3.63) is 11.8 Å². The summed E-state index contributed by atoms with van der Waals surface area (Å²) >= 11 is 5.51. The van der Waals surface area contributed by atoms with Crippen LogP contribution in [0.3, 0.4) is 0 Å². The molecule has 1 aliphatic carbocycles. The number of hydrogen-bond donors (Lipinski definition) is 4. The SMILES string of the molecule is CC1(C)CCCCNCC(=S)NC1C(=O)N1CCC=C1CNC(=O)C1CC(CCCN)C1. The smallest absolute Gasteiger partial charge is 0.249 e. The Morgan fingerprint density at radius 3 is 2.84 bits per heavy atom. The standard InChI is InChI=1S/C24H41N5O2S/c1-24(2)9-3-4-11-26-16-20(32)28-21(24)23(31)29-12-6-8-19(29)15-27-22(30)18-13-17(14-18)7-5-10-25/h8,17-18,21,26H,3-7,9-16,25H2,1-2H3,(H,27,30)(H,28,32). The molecule has 0 spiro atoms. The molecule has 7 nitrogen and oxygen atoms in total. The van der Waals surface area contributed by atoms with Crippen LogP contribution in [0.2, 0.25) is 0 Å². The molecule has 32 heavy (non-hydrogen) atoms. The average molecular weight is 464 g/mol. The molecule has 3 aliphatic rings. The normalized spacial score (nSPS) is 28.3. The molecule has 2 amide bonds. The molecule has 1 unspecified atom stereocenters. The van der Waals surface area contributed by atoms with E-state index in [-0.39, 0.29) is 29.2 Å². The number of nitrogens with zero attached hydrogens (tertiary/aromatic N) is 1. The van der Waals surface area contributed by atoms with E-state index in [4.69, 9.17) is 18.0 Å². The number of nitrogens with two attached hydrogens (primary N) is 1. The maximum absolute atomic E-state index is 13.6. The Morgan fingerprint density at radius 2 is 2.09 bits per heavy atom. The second kappa shape index (κ2) is 11.6. The molecule has 0 radical (unpaired) electrons. The fourth-order valence-electron chi connectivity index (χ4n) is 5.08. The van der Waals surface area contributed by atoms with E-state index < -0.39 is 0 Å². The first-order chi connectivity index (χ1) is 15.3. The van der Waals surface area contributed by atoms with Crippen LogP contribution in [-0.4, -0.2) is 60.5 Å². The Labute approximate surface area is 198 Å². The van der Waals surface area contributed by atoms with Gasteiger partial charge in [-0.1, -0.05) is 38.6 Å². The fourth-order valence-corrected chi connectivity index (χ4v) is 5.30. The lowest BCUT2D eigenvalue weighted by Crippen LogP contribution is -2.56. The summed E-state index contributed by atoms with van der Waals surface area (Å²) in [7, 11) is 0. The Kier molecular flexibility index (Phi) is 9.08. The highest BCUT2D eigenvalue weighted by Crippen LogP contribution is 2.37. The lowest BCUT2D eigenvalue weighted by Gasteiger charge is -2.38. The number of rotatable bonds is 7. The third-order valence-corrected chi connectivity index (χ3v) is 7.52. The van der Waals surface area contributed by atoms with Crippen molar-refractivity contribution >= 4 is 29.0 Å². The molecule has 1 atom stereocenters. The van der Waals surface area contributed by atoms with Crippen LogP contribution < -0.4 is 21.7 Å². The molecule has 1 saturated carbocycles. The minimum absolute atomic E-state index is 0.0569. The number of hydrogen-bond acceptors (Lipinski definition) is 5. The first-order valence-corrected chi connectivity index (χ1v) is 12.7. The van der Waals surface area contributed by atoms with Crippen molar-refractivity contribution in [2.24, 2.45) is 23.0 Å². The van der Waals surface area contributed by atoms with Crippen LogP contribution >= 0.6 is 12.2 Å². The van der Waals surface area contributed by atoms with Gasteiger partial charge in [0.2, 0.25) is 11.8 Å². The largest absolute Gasteiger partial charge is 0.367 e. The van der Waals surface area contributed by atoms with Gasteiger partial charge in [0, 0.05) is 24.7 Å². The molecule has 2 aliphatic heterocycles. The zero-order valence-electron chi connectivity index (χ0n) is 19.8. The number of amides is 2. The Morgan fingerprint density at radius 1 is 1.31 bits per heavy atom. The topological polar surface area (TPSA) is 99.5 Å². The highest BCUT2D eigenvalue weighted by Gasteiger charge is 2.40. The van der Waals surface area contributed by atoms with Gasteiger partial charge in [0.1, 0.15) is 6.04 Å². The van der Waals surface area contributed by atoms with E-state index in [0.717, 1.165) is 70.2 Å². The second-order valence-electron chi connectivity index (χ2n) is 10.3. The van der Waals surface area contributed by atoms with E-state index in [9.17, 15) is 9.59 Å². The van der Waals surface area contributed by atoms with Crippen LogP contribution in [0, 0.1) is 17.3 Å². The molecular weight excluding hydrogens is 422 g/mol. The number of carbonyl (C=O) groups is 2. The minimum Gasteiger partial charge on any atom is -0.367 e. The second-order valence-corrected chi connectivity index (χ2v) is 10.8. The zero-order valence-corrected chi connectivity index (χ0v) is 20.6. The number of thiocarbonyl (C=S) groups is 1. The molecular formula is C24H41N5O2S. The quantitative estimate of drug-likeness (QED) is 0.432. The molecule has 8 heteroatoms. The van der Waals surface area contributed by atoms with Crippen molar-refractivity contribution in [1.29, 1.82) is 0 Å². The van der Waals surface area contributed by atoms with Gasteiger partial charge in [-0.05, 0) is 69.4 Å². The fraction of sp³-hybridized carbons (Fsp3) is 0.792.